The first-order valence-electron chi connectivity index (χ1n) is 7.71. The summed E-state index contributed by atoms with van der Waals surface area (Å²) in [5.74, 6) is 0.172. The highest BCUT2D eigenvalue weighted by molar-refractivity contribution is 5.87. The Labute approximate surface area is 124 Å². The van der Waals surface area contributed by atoms with Crippen LogP contribution in [0.5, 0.6) is 0 Å². The van der Waals surface area contributed by atoms with Crippen molar-refractivity contribution in [1.29, 1.82) is 0 Å². The van der Waals surface area contributed by atoms with Gasteiger partial charge in [-0.3, -0.25) is 4.79 Å². The molecule has 2 aromatic rings. The summed E-state index contributed by atoms with van der Waals surface area (Å²) in [7, 11) is 2.12. The van der Waals surface area contributed by atoms with Crippen molar-refractivity contribution in [3.63, 3.8) is 0 Å². The van der Waals surface area contributed by atoms with Crippen molar-refractivity contribution in [3.8, 4) is 0 Å². The summed E-state index contributed by atoms with van der Waals surface area (Å²) < 4.78 is 7.83. The maximum atomic E-state index is 12.5. The van der Waals surface area contributed by atoms with Gasteiger partial charge < -0.3 is 14.2 Å². The van der Waals surface area contributed by atoms with Crippen LogP contribution in [0.3, 0.4) is 0 Å². The van der Waals surface area contributed by atoms with Crippen LogP contribution in [0.15, 0.2) is 24.3 Å². The Hall–Kier alpha value is -1.81. The number of carbonyl (C=O) groups is 1. The molecule has 3 heterocycles. The highest BCUT2D eigenvalue weighted by Gasteiger charge is 2.31. The molecule has 4 heteroatoms. The number of hydrogen-bond acceptors (Lipinski definition) is 2. The van der Waals surface area contributed by atoms with E-state index in [0.717, 1.165) is 39.0 Å². The molecule has 1 unspecified atom stereocenters. The molecule has 1 aromatic carbocycles. The van der Waals surface area contributed by atoms with Gasteiger partial charge in [0.2, 0.25) is 0 Å². The molecule has 0 bridgehead atoms. The largest absolute Gasteiger partial charge is 0.368 e. The fourth-order valence-electron chi connectivity index (χ4n) is 3.69. The van der Waals surface area contributed by atoms with Gasteiger partial charge in [-0.25, -0.2) is 0 Å². The maximum Gasteiger partial charge on any atom is 0.252 e. The minimum absolute atomic E-state index is 0.172. The van der Waals surface area contributed by atoms with Crippen LogP contribution in [0, 0.1) is 0 Å². The van der Waals surface area contributed by atoms with Crippen molar-refractivity contribution in [2.45, 2.75) is 31.9 Å². The van der Waals surface area contributed by atoms with Crippen molar-refractivity contribution in [2.75, 3.05) is 13.2 Å². The second-order valence-electron chi connectivity index (χ2n) is 6.01. The Kier molecular flexibility index (Phi) is 3.00. The number of aromatic nitrogens is 1. The first kappa shape index (κ1) is 12.9. The van der Waals surface area contributed by atoms with Crippen LogP contribution < -0.4 is 0 Å². The summed E-state index contributed by atoms with van der Waals surface area (Å²) in [4.78, 5) is 14.5. The van der Waals surface area contributed by atoms with Gasteiger partial charge in [0, 0.05) is 55.3 Å². The molecule has 0 spiro atoms. The second-order valence-corrected chi connectivity index (χ2v) is 6.01. The fourth-order valence-corrected chi connectivity index (χ4v) is 3.69. The molecule has 0 aliphatic carbocycles. The minimum atomic E-state index is -0.207. The molecule has 4 nitrogen and oxygen atoms in total. The van der Waals surface area contributed by atoms with Crippen molar-refractivity contribution in [3.05, 3.63) is 35.5 Å². The molecule has 2 aliphatic rings. The number of carbonyl (C=O) groups excluding carboxylic acids is 1. The number of nitrogens with zero attached hydrogens (tertiary/aromatic N) is 2. The van der Waals surface area contributed by atoms with Crippen LogP contribution >= 0.6 is 0 Å². The van der Waals surface area contributed by atoms with Crippen LogP contribution in [-0.2, 0) is 29.5 Å². The predicted octanol–water partition coefficient (Wildman–Crippen LogP) is 2.24. The lowest BCUT2D eigenvalue weighted by Crippen LogP contribution is -2.42. The summed E-state index contributed by atoms with van der Waals surface area (Å²) in [6.45, 7) is 2.25. The van der Waals surface area contributed by atoms with E-state index in [1.54, 1.807) is 0 Å². The standard InChI is InChI=1S/C17H20N2O2/c1-18-14-6-3-2-5-12(14)13-11-19(9-8-15(13)18)17(20)16-7-4-10-21-16/h2-3,5-6,16H,4,7-11H2,1H3. The lowest BCUT2D eigenvalue weighted by Gasteiger charge is -2.29. The molecular weight excluding hydrogens is 264 g/mol. The summed E-state index contributed by atoms with van der Waals surface area (Å²) >= 11 is 0. The van der Waals surface area contributed by atoms with E-state index in [-0.39, 0.29) is 12.0 Å². The topological polar surface area (TPSA) is 34.5 Å². The first-order chi connectivity index (χ1) is 10.3. The van der Waals surface area contributed by atoms with E-state index >= 15 is 0 Å². The molecule has 0 radical (unpaired) electrons. The molecule has 0 N–H and O–H groups in total. The van der Waals surface area contributed by atoms with E-state index in [9.17, 15) is 4.79 Å². The molecule has 21 heavy (non-hydrogen) atoms. The van der Waals surface area contributed by atoms with E-state index in [1.165, 1.54) is 22.2 Å². The van der Waals surface area contributed by atoms with Crippen molar-refractivity contribution < 1.29 is 9.53 Å². The molecule has 0 saturated carbocycles. The van der Waals surface area contributed by atoms with Gasteiger partial charge in [-0.15, -0.1) is 0 Å². The van der Waals surface area contributed by atoms with Gasteiger partial charge in [-0.2, -0.15) is 0 Å². The summed E-state index contributed by atoms with van der Waals surface area (Å²) in [5, 5.41) is 1.28. The Bertz CT molecular complexity index is 698. The summed E-state index contributed by atoms with van der Waals surface area (Å²) in [6.07, 6.45) is 2.60. The fraction of sp³-hybridized carbons (Fsp3) is 0.471. The number of amides is 1. The normalized spacial score (nSPS) is 21.8. The zero-order valence-electron chi connectivity index (χ0n) is 12.3. The number of rotatable bonds is 1. The third-order valence-corrected chi connectivity index (χ3v) is 4.83. The smallest absolute Gasteiger partial charge is 0.252 e. The highest BCUT2D eigenvalue weighted by atomic mass is 16.5. The number of para-hydroxylation sites is 1. The Morgan fingerprint density at radius 1 is 1.33 bits per heavy atom. The van der Waals surface area contributed by atoms with Gasteiger partial charge in [0.1, 0.15) is 6.10 Å². The third-order valence-electron chi connectivity index (χ3n) is 4.83. The lowest BCUT2D eigenvalue weighted by molar-refractivity contribution is -0.141. The number of hydrogen-bond donors (Lipinski definition) is 0. The first-order valence-corrected chi connectivity index (χ1v) is 7.71. The summed E-state index contributed by atoms with van der Waals surface area (Å²) in [5.41, 5.74) is 3.94. The number of aryl methyl sites for hydroxylation is 1. The Morgan fingerprint density at radius 2 is 2.19 bits per heavy atom. The van der Waals surface area contributed by atoms with Crippen LogP contribution in [-0.4, -0.2) is 34.6 Å². The van der Waals surface area contributed by atoms with Crippen LogP contribution in [0.1, 0.15) is 24.1 Å². The lowest BCUT2D eigenvalue weighted by atomic mass is 10.0. The van der Waals surface area contributed by atoms with Gasteiger partial charge in [0.25, 0.3) is 5.91 Å². The molecular formula is C17H20N2O2. The SMILES string of the molecule is Cn1c2c(c3ccccc31)CN(C(=O)C1CCCO1)CC2. The molecule has 110 valence electrons. The number of benzene rings is 1. The monoisotopic (exact) mass is 284 g/mol. The number of ether oxygens (including phenoxy) is 1. The number of fused-ring (bicyclic) bond motifs is 3. The molecule has 1 atom stereocenters. The van der Waals surface area contributed by atoms with Crippen molar-refractivity contribution in [2.24, 2.45) is 7.05 Å². The van der Waals surface area contributed by atoms with E-state index in [4.69, 9.17) is 4.74 Å². The van der Waals surface area contributed by atoms with Crippen molar-refractivity contribution >= 4 is 16.8 Å². The maximum absolute atomic E-state index is 12.5. The molecule has 2 aliphatic heterocycles. The predicted molar refractivity (Wildman–Crippen MR) is 81.0 cm³/mol. The van der Waals surface area contributed by atoms with Gasteiger partial charge >= 0.3 is 0 Å². The van der Waals surface area contributed by atoms with Crippen LogP contribution in [0.2, 0.25) is 0 Å². The van der Waals surface area contributed by atoms with Crippen LogP contribution in [0.25, 0.3) is 10.9 Å². The zero-order valence-corrected chi connectivity index (χ0v) is 12.3. The quantitative estimate of drug-likeness (QED) is 0.805. The highest BCUT2D eigenvalue weighted by Crippen LogP contribution is 2.30. The molecule has 1 saturated heterocycles. The van der Waals surface area contributed by atoms with Gasteiger partial charge in [-0.05, 0) is 18.9 Å². The Balaban J connectivity index is 1.68. The second kappa shape index (κ2) is 4.88. The van der Waals surface area contributed by atoms with Gasteiger partial charge in [-0.1, -0.05) is 18.2 Å². The van der Waals surface area contributed by atoms with E-state index in [1.807, 2.05) is 4.90 Å². The van der Waals surface area contributed by atoms with Crippen LogP contribution in [0.4, 0.5) is 0 Å². The van der Waals surface area contributed by atoms with Gasteiger partial charge in [0.05, 0.1) is 0 Å². The van der Waals surface area contributed by atoms with E-state index < -0.39 is 0 Å². The molecule has 1 aromatic heterocycles. The average molecular weight is 284 g/mol. The molecule has 4 rings (SSSR count). The average Bonchev–Trinajstić information content (AvgIpc) is 3.15. The third kappa shape index (κ3) is 1.97. The minimum Gasteiger partial charge on any atom is -0.368 e. The summed E-state index contributed by atoms with van der Waals surface area (Å²) in [6, 6.07) is 8.46. The van der Waals surface area contributed by atoms with E-state index in [0.29, 0.717) is 0 Å². The molecule has 1 amide bonds. The molecule has 1 fully saturated rings. The Morgan fingerprint density at radius 3 is 3.00 bits per heavy atom. The van der Waals surface area contributed by atoms with Crippen molar-refractivity contribution in [1.82, 2.24) is 9.47 Å². The zero-order chi connectivity index (χ0) is 14.4. The van der Waals surface area contributed by atoms with E-state index in [2.05, 4.69) is 35.9 Å². The van der Waals surface area contributed by atoms with Gasteiger partial charge in [0.15, 0.2) is 0 Å².